The van der Waals surface area contributed by atoms with E-state index in [1.165, 1.54) is 14.1 Å². The van der Waals surface area contributed by atoms with Crippen LogP contribution in [0.5, 0.6) is 5.75 Å². The second-order valence-corrected chi connectivity index (χ2v) is 7.15. The lowest BCUT2D eigenvalue weighted by Crippen LogP contribution is -2.43. The molecular weight excluding hydrogens is 306 g/mol. The molecule has 1 aliphatic rings. The summed E-state index contributed by atoms with van der Waals surface area (Å²) in [7, 11) is -0.645. The van der Waals surface area contributed by atoms with Crippen molar-refractivity contribution in [3.05, 3.63) is 24.3 Å². The van der Waals surface area contributed by atoms with Crippen molar-refractivity contribution in [3.8, 4) is 5.75 Å². The number of benzene rings is 1. The highest BCUT2D eigenvalue weighted by Gasteiger charge is 2.33. The first-order chi connectivity index (χ1) is 10.3. The molecule has 122 valence electrons. The van der Waals surface area contributed by atoms with Gasteiger partial charge in [0.25, 0.3) is 10.2 Å². The number of carbonyl (C=O) groups is 1. The topological polar surface area (TPSA) is 79.0 Å². The number of anilines is 1. The minimum absolute atomic E-state index is 0.101. The summed E-state index contributed by atoms with van der Waals surface area (Å²) < 4.78 is 32.6. The summed E-state index contributed by atoms with van der Waals surface area (Å²) in [6.45, 7) is 2.80. The number of carbonyl (C=O) groups excluding carboxylic acids is 1. The highest BCUT2D eigenvalue weighted by molar-refractivity contribution is 7.87. The highest BCUT2D eigenvalue weighted by atomic mass is 32.2. The van der Waals surface area contributed by atoms with E-state index in [1.54, 1.807) is 29.2 Å². The van der Waals surface area contributed by atoms with Gasteiger partial charge in [-0.3, -0.25) is 4.79 Å². The molecule has 0 bridgehead atoms. The number of nitrogens with zero attached hydrogens (tertiary/aromatic N) is 2. The maximum Gasteiger partial charge on any atom is 0.279 e. The molecule has 1 aromatic rings. The molecule has 22 heavy (non-hydrogen) atoms. The summed E-state index contributed by atoms with van der Waals surface area (Å²) in [6.07, 6.45) is 0.153. The predicted octanol–water partition coefficient (Wildman–Crippen LogP) is 0.587. The average Bonchev–Trinajstić information content (AvgIpc) is 2.80. The fourth-order valence-electron chi connectivity index (χ4n) is 2.24. The van der Waals surface area contributed by atoms with Crippen molar-refractivity contribution < 1.29 is 17.9 Å². The van der Waals surface area contributed by atoms with Crippen LogP contribution in [0.3, 0.4) is 0 Å². The van der Waals surface area contributed by atoms with Gasteiger partial charge in [0, 0.05) is 38.8 Å². The second-order valence-electron chi connectivity index (χ2n) is 5.24. The molecule has 0 aliphatic carbocycles. The van der Waals surface area contributed by atoms with Crippen molar-refractivity contribution in [1.82, 2.24) is 9.03 Å². The van der Waals surface area contributed by atoms with Crippen molar-refractivity contribution in [2.75, 3.05) is 32.1 Å². The van der Waals surface area contributed by atoms with Crippen LogP contribution in [0.4, 0.5) is 5.69 Å². The first-order valence-corrected chi connectivity index (χ1v) is 8.50. The van der Waals surface area contributed by atoms with Crippen molar-refractivity contribution in [3.63, 3.8) is 0 Å². The molecule has 0 saturated carbocycles. The minimum atomic E-state index is -3.54. The van der Waals surface area contributed by atoms with Gasteiger partial charge in [-0.1, -0.05) is 0 Å². The molecule has 2 rings (SSSR count). The summed E-state index contributed by atoms with van der Waals surface area (Å²) in [5, 5.41) is 0. The van der Waals surface area contributed by atoms with E-state index in [-0.39, 0.29) is 12.3 Å². The molecule has 1 saturated heterocycles. The molecule has 1 heterocycles. The smallest absolute Gasteiger partial charge is 0.279 e. The maximum atomic E-state index is 12.1. The van der Waals surface area contributed by atoms with Gasteiger partial charge in [-0.15, -0.1) is 0 Å². The Hall–Kier alpha value is -1.64. The zero-order valence-electron chi connectivity index (χ0n) is 12.9. The van der Waals surface area contributed by atoms with Gasteiger partial charge in [0.15, 0.2) is 0 Å². The third kappa shape index (κ3) is 3.76. The minimum Gasteiger partial charge on any atom is -0.494 e. The summed E-state index contributed by atoms with van der Waals surface area (Å²) in [5.41, 5.74) is 0.736. The lowest BCUT2D eigenvalue weighted by molar-refractivity contribution is -0.117. The average molecular weight is 327 g/mol. The van der Waals surface area contributed by atoms with E-state index in [1.807, 2.05) is 6.92 Å². The van der Waals surface area contributed by atoms with E-state index in [2.05, 4.69) is 4.72 Å². The number of hydrogen-bond donors (Lipinski definition) is 1. The van der Waals surface area contributed by atoms with E-state index in [0.717, 1.165) is 15.7 Å². The lowest BCUT2D eigenvalue weighted by Gasteiger charge is -2.19. The molecule has 0 aromatic heterocycles. The van der Waals surface area contributed by atoms with Crippen LogP contribution in [-0.2, 0) is 15.0 Å². The Labute approximate surface area is 131 Å². The van der Waals surface area contributed by atoms with Crippen LogP contribution in [0.15, 0.2) is 24.3 Å². The number of nitrogens with one attached hydrogen (secondary N) is 1. The van der Waals surface area contributed by atoms with Crippen LogP contribution in [0.1, 0.15) is 13.3 Å². The molecule has 1 atom stereocenters. The fraction of sp³-hybridized carbons (Fsp3) is 0.500. The Bertz CT molecular complexity index is 628. The van der Waals surface area contributed by atoms with E-state index >= 15 is 0 Å². The Morgan fingerprint density at radius 2 is 1.95 bits per heavy atom. The first-order valence-electron chi connectivity index (χ1n) is 7.06. The van der Waals surface area contributed by atoms with Gasteiger partial charge in [0.2, 0.25) is 5.91 Å². The van der Waals surface area contributed by atoms with Crippen LogP contribution in [0, 0.1) is 0 Å². The second kappa shape index (κ2) is 6.64. The van der Waals surface area contributed by atoms with E-state index in [9.17, 15) is 13.2 Å². The summed E-state index contributed by atoms with van der Waals surface area (Å²) in [5.74, 6) is 0.637. The highest BCUT2D eigenvalue weighted by Crippen LogP contribution is 2.24. The van der Waals surface area contributed by atoms with Gasteiger partial charge in [-0.25, -0.2) is 0 Å². The molecule has 8 heteroatoms. The zero-order chi connectivity index (χ0) is 16.3. The van der Waals surface area contributed by atoms with Crippen molar-refractivity contribution in [1.29, 1.82) is 0 Å². The van der Waals surface area contributed by atoms with Gasteiger partial charge in [0.05, 0.1) is 6.61 Å². The number of ether oxygens (including phenoxy) is 1. The number of hydrogen-bond acceptors (Lipinski definition) is 4. The number of amides is 1. The molecule has 7 nitrogen and oxygen atoms in total. The summed E-state index contributed by atoms with van der Waals surface area (Å²) in [4.78, 5) is 13.7. The van der Waals surface area contributed by atoms with Crippen molar-refractivity contribution >= 4 is 21.8 Å². The van der Waals surface area contributed by atoms with Gasteiger partial charge < -0.3 is 9.64 Å². The van der Waals surface area contributed by atoms with E-state index < -0.39 is 16.3 Å². The first kappa shape index (κ1) is 16.7. The molecule has 1 unspecified atom stereocenters. The number of rotatable bonds is 6. The lowest BCUT2D eigenvalue weighted by atomic mass is 10.3. The molecule has 1 amide bonds. The van der Waals surface area contributed by atoms with Crippen LogP contribution >= 0.6 is 0 Å². The normalized spacial score (nSPS) is 19.0. The Morgan fingerprint density at radius 3 is 2.50 bits per heavy atom. The third-order valence-electron chi connectivity index (χ3n) is 3.38. The Morgan fingerprint density at radius 1 is 1.32 bits per heavy atom. The summed E-state index contributed by atoms with van der Waals surface area (Å²) in [6, 6.07) is 6.76. The Kier molecular flexibility index (Phi) is 5.05. The predicted molar refractivity (Wildman–Crippen MR) is 84.1 cm³/mol. The quantitative estimate of drug-likeness (QED) is 0.829. The fourth-order valence-corrected chi connectivity index (χ4v) is 3.03. The third-order valence-corrected chi connectivity index (χ3v) is 4.97. The standard InChI is InChI=1S/C14H21N3O4S/c1-4-21-13-7-5-12(6-8-13)17-10-11(9-14(17)18)15-22(19,20)16(2)3/h5-8,11,15H,4,9-10H2,1-3H3. The molecule has 0 radical (unpaired) electrons. The zero-order valence-corrected chi connectivity index (χ0v) is 13.8. The van der Waals surface area contributed by atoms with Crippen LogP contribution < -0.4 is 14.4 Å². The summed E-state index contributed by atoms with van der Waals surface area (Å²) >= 11 is 0. The van der Waals surface area contributed by atoms with Gasteiger partial charge in [-0.2, -0.15) is 17.4 Å². The SMILES string of the molecule is CCOc1ccc(N2CC(NS(=O)(=O)N(C)C)CC2=O)cc1. The maximum absolute atomic E-state index is 12.1. The molecule has 1 aromatic carbocycles. The largest absolute Gasteiger partial charge is 0.494 e. The molecule has 1 N–H and O–H groups in total. The van der Waals surface area contributed by atoms with Crippen LogP contribution in [0.2, 0.25) is 0 Å². The Balaban J connectivity index is 2.06. The van der Waals surface area contributed by atoms with Gasteiger partial charge in [0.1, 0.15) is 5.75 Å². The van der Waals surface area contributed by atoms with Crippen molar-refractivity contribution in [2.45, 2.75) is 19.4 Å². The van der Waals surface area contributed by atoms with E-state index in [0.29, 0.717) is 13.2 Å². The van der Waals surface area contributed by atoms with Crippen molar-refractivity contribution in [2.24, 2.45) is 0 Å². The van der Waals surface area contributed by atoms with E-state index in [4.69, 9.17) is 4.74 Å². The molecule has 1 aliphatic heterocycles. The molecule has 0 spiro atoms. The van der Waals surface area contributed by atoms with Gasteiger partial charge in [-0.05, 0) is 31.2 Å². The van der Waals surface area contributed by atoms with Crippen LogP contribution in [-0.4, -0.2) is 51.9 Å². The molecule has 1 fully saturated rings. The van der Waals surface area contributed by atoms with Crippen LogP contribution in [0.25, 0.3) is 0 Å². The monoisotopic (exact) mass is 327 g/mol. The van der Waals surface area contributed by atoms with Gasteiger partial charge >= 0.3 is 0 Å². The molecular formula is C14H21N3O4S.